The number of fused-ring (bicyclic) bond motifs is 1. The van der Waals surface area contributed by atoms with E-state index >= 15 is 0 Å². The molecule has 2 rings (SSSR count). The summed E-state index contributed by atoms with van der Waals surface area (Å²) < 4.78 is 0.843. The summed E-state index contributed by atoms with van der Waals surface area (Å²) in [5.41, 5.74) is 6.71. The lowest BCUT2D eigenvalue weighted by molar-refractivity contribution is -0.138. The predicted molar refractivity (Wildman–Crippen MR) is 65.3 cm³/mol. The Morgan fingerprint density at radius 3 is 2.94 bits per heavy atom. The standard InChI is InChI=1S/C11H12N2O3S/c1-5-13-10-8(14)3-6(4-9(10)17-5)2-7(12)11(15)16/h3-4,7,14H,2,12H2,1H3,(H,15,16)/t7-/m0/s1. The molecule has 1 aromatic heterocycles. The van der Waals surface area contributed by atoms with Gasteiger partial charge in [-0.15, -0.1) is 11.3 Å². The molecular formula is C11H12N2O3S. The fraction of sp³-hybridized carbons (Fsp3) is 0.273. The average Bonchev–Trinajstić information content (AvgIpc) is 2.59. The van der Waals surface area contributed by atoms with Crippen molar-refractivity contribution < 1.29 is 15.0 Å². The van der Waals surface area contributed by atoms with E-state index in [-0.39, 0.29) is 12.2 Å². The van der Waals surface area contributed by atoms with Crippen LogP contribution < -0.4 is 5.73 Å². The number of phenolic OH excluding ortho intramolecular Hbond substituents is 1. The first-order valence-electron chi connectivity index (χ1n) is 5.05. The topological polar surface area (TPSA) is 96.4 Å². The Balaban J connectivity index is 2.39. The number of thiazole rings is 1. The number of carboxylic acids is 1. The molecule has 0 radical (unpaired) electrons. The highest BCUT2D eigenvalue weighted by atomic mass is 32.1. The van der Waals surface area contributed by atoms with Gasteiger partial charge in [-0.05, 0) is 31.0 Å². The summed E-state index contributed by atoms with van der Waals surface area (Å²) in [6.07, 6.45) is 0.190. The number of nitrogens with two attached hydrogens (primary N) is 1. The Hall–Kier alpha value is -1.66. The van der Waals surface area contributed by atoms with Gasteiger partial charge in [0, 0.05) is 0 Å². The maximum Gasteiger partial charge on any atom is 0.320 e. The molecule has 90 valence electrons. The SMILES string of the molecule is Cc1nc2c(O)cc(C[C@H](N)C(=O)O)cc2s1. The van der Waals surface area contributed by atoms with Crippen LogP contribution in [0.2, 0.25) is 0 Å². The third-order valence-corrected chi connectivity index (χ3v) is 3.33. The normalized spacial score (nSPS) is 12.8. The molecule has 1 heterocycles. The van der Waals surface area contributed by atoms with Crippen molar-refractivity contribution in [1.29, 1.82) is 0 Å². The van der Waals surface area contributed by atoms with Gasteiger partial charge in [0.2, 0.25) is 0 Å². The molecule has 0 bridgehead atoms. The molecule has 0 saturated heterocycles. The van der Waals surface area contributed by atoms with Crippen LogP contribution in [0.4, 0.5) is 0 Å². The highest BCUT2D eigenvalue weighted by molar-refractivity contribution is 7.18. The van der Waals surface area contributed by atoms with Gasteiger partial charge in [0.15, 0.2) is 0 Å². The van der Waals surface area contributed by atoms with Crippen molar-refractivity contribution in [3.63, 3.8) is 0 Å². The lowest BCUT2D eigenvalue weighted by Gasteiger charge is -2.06. The third-order valence-electron chi connectivity index (χ3n) is 2.41. The maximum absolute atomic E-state index is 10.7. The van der Waals surface area contributed by atoms with E-state index in [2.05, 4.69) is 4.98 Å². The number of aromatic hydroxyl groups is 1. The van der Waals surface area contributed by atoms with Crippen molar-refractivity contribution in [2.24, 2.45) is 5.73 Å². The van der Waals surface area contributed by atoms with Gasteiger partial charge in [0.25, 0.3) is 0 Å². The number of phenols is 1. The number of carbonyl (C=O) groups is 1. The molecule has 0 amide bonds. The second kappa shape index (κ2) is 4.31. The number of benzene rings is 1. The lowest BCUT2D eigenvalue weighted by Crippen LogP contribution is -2.32. The molecule has 6 heteroatoms. The first-order chi connectivity index (χ1) is 7.97. The number of carboxylic acid groups (broad SMARTS) is 1. The number of aryl methyl sites for hydroxylation is 1. The largest absolute Gasteiger partial charge is 0.506 e. The monoisotopic (exact) mass is 252 g/mol. The molecule has 5 nitrogen and oxygen atoms in total. The Bertz CT molecular complexity index is 579. The molecule has 0 spiro atoms. The third kappa shape index (κ3) is 2.37. The van der Waals surface area contributed by atoms with Crippen LogP contribution >= 0.6 is 11.3 Å². The molecule has 4 N–H and O–H groups in total. The Morgan fingerprint density at radius 1 is 1.59 bits per heavy atom. The molecule has 1 atom stereocenters. The Morgan fingerprint density at radius 2 is 2.29 bits per heavy atom. The van der Waals surface area contributed by atoms with Gasteiger partial charge in [-0.3, -0.25) is 4.79 Å². The zero-order chi connectivity index (χ0) is 12.6. The van der Waals surface area contributed by atoms with Crippen LogP contribution in [-0.4, -0.2) is 27.2 Å². The van der Waals surface area contributed by atoms with E-state index in [4.69, 9.17) is 10.8 Å². The minimum Gasteiger partial charge on any atom is -0.506 e. The van der Waals surface area contributed by atoms with Gasteiger partial charge in [-0.1, -0.05) is 0 Å². The van der Waals surface area contributed by atoms with E-state index in [9.17, 15) is 9.90 Å². The second-order valence-corrected chi connectivity index (χ2v) is 5.08. The highest BCUT2D eigenvalue weighted by Gasteiger charge is 2.14. The molecule has 0 unspecified atom stereocenters. The van der Waals surface area contributed by atoms with Gasteiger partial charge < -0.3 is 15.9 Å². The molecular weight excluding hydrogens is 240 g/mol. The van der Waals surface area contributed by atoms with Crippen LogP contribution in [0.3, 0.4) is 0 Å². The molecule has 17 heavy (non-hydrogen) atoms. The zero-order valence-electron chi connectivity index (χ0n) is 9.17. The van der Waals surface area contributed by atoms with Crippen LogP contribution in [0, 0.1) is 6.92 Å². The van der Waals surface area contributed by atoms with Crippen LogP contribution in [0.15, 0.2) is 12.1 Å². The summed E-state index contributed by atoms with van der Waals surface area (Å²) in [4.78, 5) is 14.8. The van der Waals surface area contributed by atoms with Gasteiger partial charge in [0.1, 0.15) is 17.3 Å². The first kappa shape index (κ1) is 11.8. The Labute approximate surface area is 102 Å². The molecule has 0 saturated carbocycles. The molecule has 2 aromatic rings. The van der Waals surface area contributed by atoms with Crippen LogP contribution in [0.25, 0.3) is 10.2 Å². The second-order valence-electron chi connectivity index (χ2n) is 3.84. The minimum absolute atomic E-state index is 0.0689. The molecule has 0 aliphatic heterocycles. The Kier molecular flexibility index (Phi) is 2.99. The highest BCUT2D eigenvalue weighted by Crippen LogP contribution is 2.30. The van der Waals surface area contributed by atoms with Gasteiger partial charge in [-0.25, -0.2) is 4.98 Å². The summed E-state index contributed by atoms with van der Waals surface area (Å²) in [5, 5.41) is 19.4. The fourth-order valence-electron chi connectivity index (χ4n) is 1.64. The first-order valence-corrected chi connectivity index (χ1v) is 5.86. The number of hydrogen-bond acceptors (Lipinski definition) is 5. The average molecular weight is 252 g/mol. The van der Waals surface area contributed by atoms with Crippen molar-refractivity contribution >= 4 is 27.5 Å². The van der Waals surface area contributed by atoms with Crippen LogP contribution in [0.5, 0.6) is 5.75 Å². The summed E-state index contributed by atoms with van der Waals surface area (Å²) in [7, 11) is 0. The lowest BCUT2D eigenvalue weighted by atomic mass is 10.1. The molecule has 1 aromatic carbocycles. The number of aliphatic carboxylic acids is 1. The van der Waals surface area contributed by atoms with Crippen molar-refractivity contribution in [3.8, 4) is 5.75 Å². The van der Waals surface area contributed by atoms with Crippen molar-refractivity contribution in [3.05, 3.63) is 22.7 Å². The molecule has 0 fully saturated rings. The minimum atomic E-state index is -1.05. The smallest absolute Gasteiger partial charge is 0.320 e. The zero-order valence-corrected chi connectivity index (χ0v) is 9.99. The number of rotatable bonds is 3. The van der Waals surface area contributed by atoms with Gasteiger partial charge in [-0.2, -0.15) is 0 Å². The fourth-order valence-corrected chi connectivity index (χ4v) is 2.55. The van der Waals surface area contributed by atoms with Crippen molar-refractivity contribution in [1.82, 2.24) is 4.98 Å². The van der Waals surface area contributed by atoms with E-state index in [0.717, 1.165) is 9.71 Å². The van der Waals surface area contributed by atoms with Gasteiger partial charge >= 0.3 is 5.97 Å². The summed E-state index contributed by atoms with van der Waals surface area (Å²) >= 11 is 1.46. The van der Waals surface area contributed by atoms with Gasteiger partial charge in [0.05, 0.1) is 9.71 Å². The number of nitrogens with zero attached hydrogens (tertiary/aromatic N) is 1. The summed E-state index contributed by atoms with van der Waals surface area (Å²) in [5.74, 6) is -0.982. The quantitative estimate of drug-likeness (QED) is 0.764. The summed E-state index contributed by atoms with van der Waals surface area (Å²) in [6, 6.07) is 2.38. The predicted octanol–water partition coefficient (Wildman–Crippen LogP) is 1.26. The van der Waals surface area contributed by atoms with Crippen LogP contribution in [-0.2, 0) is 11.2 Å². The van der Waals surface area contributed by atoms with E-state index in [1.54, 1.807) is 0 Å². The van der Waals surface area contributed by atoms with Crippen LogP contribution in [0.1, 0.15) is 10.6 Å². The molecule has 0 aliphatic rings. The maximum atomic E-state index is 10.7. The van der Waals surface area contributed by atoms with E-state index in [1.165, 1.54) is 17.4 Å². The van der Waals surface area contributed by atoms with Crippen molar-refractivity contribution in [2.75, 3.05) is 0 Å². The van der Waals surface area contributed by atoms with E-state index < -0.39 is 12.0 Å². The number of hydrogen-bond donors (Lipinski definition) is 3. The summed E-state index contributed by atoms with van der Waals surface area (Å²) in [6.45, 7) is 1.85. The van der Waals surface area contributed by atoms with E-state index in [1.807, 2.05) is 13.0 Å². The molecule has 0 aliphatic carbocycles. The van der Waals surface area contributed by atoms with Crippen molar-refractivity contribution in [2.45, 2.75) is 19.4 Å². The van der Waals surface area contributed by atoms with E-state index in [0.29, 0.717) is 11.1 Å². The number of aromatic nitrogens is 1.